The van der Waals surface area contributed by atoms with E-state index in [1.165, 1.54) is 6.08 Å². The minimum absolute atomic E-state index is 0.0797. The standard InChI is InChI=1S/C21H17N7O/c1-13-10-16(4-3-9-22)11-14(2)18(13)25-21-26-19(20(29)27-28-21)24-17-7-5-15(12-23)6-8-17/h3-8,10-11H,1-2H3,(H,27,29)(H2,24,25,26,28)/b4-3+. The number of hydrogen-bond acceptors (Lipinski definition) is 7. The quantitative estimate of drug-likeness (QED) is 0.573. The molecule has 0 aliphatic carbocycles. The predicted molar refractivity (Wildman–Crippen MR) is 111 cm³/mol. The molecule has 0 aliphatic rings. The zero-order valence-electron chi connectivity index (χ0n) is 15.8. The van der Waals surface area contributed by atoms with E-state index in [1.807, 2.05) is 38.1 Å². The maximum absolute atomic E-state index is 12.1. The molecule has 0 unspecified atom stereocenters. The number of nitriles is 2. The third-order valence-electron chi connectivity index (χ3n) is 4.12. The SMILES string of the molecule is Cc1cc(/C=C/C#N)cc(C)c1Nc1n[nH]c(=O)c(Nc2ccc(C#N)cc2)n1. The molecule has 3 N–H and O–H groups in total. The number of rotatable bonds is 5. The van der Waals surface area contributed by atoms with E-state index in [0.29, 0.717) is 11.3 Å². The molecule has 1 heterocycles. The van der Waals surface area contributed by atoms with Gasteiger partial charge in [-0.15, -0.1) is 5.10 Å². The Kier molecular flexibility index (Phi) is 5.67. The first-order chi connectivity index (χ1) is 14.0. The fourth-order valence-electron chi connectivity index (χ4n) is 2.78. The van der Waals surface area contributed by atoms with E-state index in [-0.39, 0.29) is 11.8 Å². The predicted octanol–water partition coefficient (Wildman–Crippen LogP) is 3.68. The number of nitrogens with zero attached hydrogens (tertiary/aromatic N) is 4. The normalized spacial score (nSPS) is 10.3. The van der Waals surface area contributed by atoms with E-state index in [4.69, 9.17) is 10.5 Å². The van der Waals surface area contributed by atoms with Gasteiger partial charge in [0, 0.05) is 17.5 Å². The highest BCUT2D eigenvalue weighted by Crippen LogP contribution is 2.25. The molecule has 8 heteroatoms. The van der Waals surface area contributed by atoms with Crippen molar-refractivity contribution in [3.63, 3.8) is 0 Å². The topological polar surface area (TPSA) is 130 Å². The summed E-state index contributed by atoms with van der Waals surface area (Å²) < 4.78 is 0. The lowest BCUT2D eigenvalue weighted by Gasteiger charge is -2.13. The zero-order valence-corrected chi connectivity index (χ0v) is 15.8. The van der Waals surface area contributed by atoms with Gasteiger partial charge in [-0.25, -0.2) is 5.10 Å². The lowest BCUT2D eigenvalue weighted by atomic mass is 10.0. The molecule has 0 bridgehead atoms. The Morgan fingerprint density at radius 1 is 1.07 bits per heavy atom. The summed E-state index contributed by atoms with van der Waals surface area (Å²) in [6.07, 6.45) is 3.16. The summed E-state index contributed by atoms with van der Waals surface area (Å²) in [6, 6.07) is 14.6. The van der Waals surface area contributed by atoms with Crippen LogP contribution in [0.4, 0.5) is 23.1 Å². The van der Waals surface area contributed by atoms with Crippen molar-refractivity contribution in [3.05, 3.63) is 75.1 Å². The minimum Gasteiger partial charge on any atom is -0.335 e. The molecule has 2 aromatic carbocycles. The van der Waals surface area contributed by atoms with Gasteiger partial charge in [0.05, 0.1) is 17.7 Å². The van der Waals surface area contributed by atoms with E-state index >= 15 is 0 Å². The average Bonchev–Trinajstić information content (AvgIpc) is 2.72. The second kappa shape index (κ2) is 8.51. The number of anilines is 4. The Morgan fingerprint density at radius 2 is 1.76 bits per heavy atom. The van der Waals surface area contributed by atoms with Crippen molar-refractivity contribution in [1.29, 1.82) is 10.5 Å². The fraction of sp³-hybridized carbons (Fsp3) is 0.0952. The van der Waals surface area contributed by atoms with Gasteiger partial charge < -0.3 is 10.6 Å². The van der Waals surface area contributed by atoms with Crippen LogP contribution in [0.25, 0.3) is 6.08 Å². The molecule has 8 nitrogen and oxygen atoms in total. The number of benzene rings is 2. The number of nitrogens with one attached hydrogen (secondary N) is 3. The van der Waals surface area contributed by atoms with Gasteiger partial charge in [-0.3, -0.25) is 4.79 Å². The van der Waals surface area contributed by atoms with E-state index in [1.54, 1.807) is 30.3 Å². The summed E-state index contributed by atoms with van der Waals surface area (Å²) in [5.74, 6) is 0.309. The summed E-state index contributed by atoms with van der Waals surface area (Å²) in [5.41, 5.74) is 4.30. The van der Waals surface area contributed by atoms with Crippen molar-refractivity contribution in [2.75, 3.05) is 10.6 Å². The molecule has 0 spiro atoms. The summed E-state index contributed by atoms with van der Waals surface area (Å²) in [7, 11) is 0. The van der Waals surface area contributed by atoms with Crippen LogP contribution in [0.3, 0.4) is 0 Å². The molecule has 3 rings (SSSR count). The van der Waals surface area contributed by atoms with Gasteiger partial charge >= 0.3 is 5.56 Å². The highest BCUT2D eigenvalue weighted by Gasteiger charge is 2.10. The molecule has 142 valence electrons. The van der Waals surface area contributed by atoms with Crippen LogP contribution in [-0.4, -0.2) is 15.2 Å². The Hall–Kier alpha value is -4.43. The van der Waals surface area contributed by atoms with Crippen molar-refractivity contribution in [2.24, 2.45) is 0 Å². The van der Waals surface area contributed by atoms with Gasteiger partial charge in [0.1, 0.15) is 0 Å². The van der Waals surface area contributed by atoms with E-state index < -0.39 is 5.56 Å². The first-order valence-electron chi connectivity index (χ1n) is 8.68. The first-order valence-corrected chi connectivity index (χ1v) is 8.68. The Balaban J connectivity index is 1.86. The van der Waals surface area contributed by atoms with Crippen molar-refractivity contribution >= 4 is 29.2 Å². The number of aryl methyl sites for hydroxylation is 2. The molecule has 0 radical (unpaired) electrons. The first kappa shape index (κ1) is 19.3. The highest BCUT2D eigenvalue weighted by atomic mass is 16.1. The van der Waals surface area contributed by atoms with Crippen LogP contribution in [0.1, 0.15) is 22.3 Å². The highest BCUT2D eigenvalue weighted by molar-refractivity contribution is 5.68. The lowest BCUT2D eigenvalue weighted by molar-refractivity contribution is 0.944. The number of aromatic nitrogens is 3. The molecule has 0 aliphatic heterocycles. The largest absolute Gasteiger partial charge is 0.335 e. The van der Waals surface area contributed by atoms with E-state index in [2.05, 4.69) is 25.8 Å². The van der Waals surface area contributed by atoms with Crippen molar-refractivity contribution in [2.45, 2.75) is 13.8 Å². The number of aromatic amines is 1. The number of H-pyrrole nitrogens is 1. The molecular weight excluding hydrogens is 366 g/mol. The van der Waals surface area contributed by atoms with Gasteiger partial charge in [-0.2, -0.15) is 15.5 Å². The van der Waals surface area contributed by atoms with Crippen LogP contribution in [-0.2, 0) is 0 Å². The molecule has 1 aromatic heterocycles. The van der Waals surface area contributed by atoms with Gasteiger partial charge in [0.15, 0.2) is 0 Å². The third kappa shape index (κ3) is 4.65. The molecule has 0 saturated carbocycles. The molecule has 0 fully saturated rings. The van der Waals surface area contributed by atoms with Gasteiger partial charge in [0.2, 0.25) is 11.8 Å². The van der Waals surface area contributed by atoms with Gasteiger partial charge in [0.25, 0.3) is 0 Å². The van der Waals surface area contributed by atoms with Crippen LogP contribution in [0.2, 0.25) is 0 Å². The van der Waals surface area contributed by atoms with Crippen molar-refractivity contribution in [3.8, 4) is 12.1 Å². The van der Waals surface area contributed by atoms with E-state index in [9.17, 15) is 4.79 Å². The van der Waals surface area contributed by atoms with Crippen LogP contribution >= 0.6 is 0 Å². The summed E-state index contributed by atoms with van der Waals surface area (Å²) >= 11 is 0. The summed E-state index contributed by atoms with van der Waals surface area (Å²) in [5, 5.41) is 30.0. The second-order valence-corrected chi connectivity index (χ2v) is 6.27. The average molecular weight is 383 g/mol. The Bertz CT molecular complexity index is 1190. The van der Waals surface area contributed by atoms with Crippen LogP contribution < -0.4 is 16.2 Å². The van der Waals surface area contributed by atoms with Crippen LogP contribution in [0, 0.1) is 36.5 Å². The molecule has 0 amide bonds. The van der Waals surface area contributed by atoms with Gasteiger partial charge in [-0.1, -0.05) is 0 Å². The Labute approximate surface area is 167 Å². The van der Waals surface area contributed by atoms with Crippen LogP contribution in [0.5, 0.6) is 0 Å². The van der Waals surface area contributed by atoms with Crippen molar-refractivity contribution in [1.82, 2.24) is 15.2 Å². The maximum atomic E-state index is 12.1. The summed E-state index contributed by atoms with van der Waals surface area (Å²) in [6.45, 7) is 3.86. The van der Waals surface area contributed by atoms with Crippen LogP contribution in [0.15, 0.2) is 47.3 Å². The van der Waals surface area contributed by atoms with Crippen molar-refractivity contribution < 1.29 is 0 Å². The maximum Gasteiger partial charge on any atom is 0.307 e. The molecule has 0 saturated heterocycles. The minimum atomic E-state index is -0.467. The fourth-order valence-corrected chi connectivity index (χ4v) is 2.78. The molecule has 3 aromatic rings. The molecule has 0 atom stereocenters. The Morgan fingerprint density at radius 3 is 2.38 bits per heavy atom. The van der Waals surface area contributed by atoms with E-state index in [0.717, 1.165) is 22.4 Å². The number of allylic oxidation sites excluding steroid dienone is 1. The third-order valence-corrected chi connectivity index (χ3v) is 4.12. The van der Waals surface area contributed by atoms with Gasteiger partial charge in [-0.05, 0) is 73.0 Å². The smallest absolute Gasteiger partial charge is 0.307 e. The second-order valence-electron chi connectivity index (χ2n) is 6.27. The molecule has 29 heavy (non-hydrogen) atoms. The summed E-state index contributed by atoms with van der Waals surface area (Å²) in [4.78, 5) is 16.3. The molecular formula is C21H17N7O. The number of hydrogen-bond donors (Lipinski definition) is 3. The lowest BCUT2D eigenvalue weighted by Crippen LogP contribution is -2.17. The zero-order chi connectivity index (χ0) is 20.8. The monoisotopic (exact) mass is 383 g/mol.